The normalized spacial score (nSPS) is 36.4. The Labute approximate surface area is 252 Å². The number of rotatable bonds is 10. The third-order valence-electron chi connectivity index (χ3n) is 6.75. The Kier molecular flexibility index (Phi) is 22.6. The van der Waals surface area contributed by atoms with Gasteiger partial charge in [0.25, 0.3) is 0 Å². The molecule has 17 nitrogen and oxygen atoms in total. The lowest BCUT2D eigenvalue weighted by molar-refractivity contribution is -0.276. The van der Waals surface area contributed by atoms with E-state index in [2.05, 4.69) is 15.4 Å². The van der Waals surface area contributed by atoms with Crippen molar-refractivity contribution in [3.05, 3.63) is 0 Å². The quantitative estimate of drug-likeness (QED) is 0.0999. The third-order valence-corrected chi connectivity index (χ3v) is 6.75. The van der Waals surface area contributed by atoms with E-state index in [0.717, 1.165) is 7.11 Å². The fourth-order valence-corrected chi connectivity index (χ4v) is 4.62. The van der Waals surface area contributed by atoms with Gasteiger partial charge in [0.15, 0.2) is 12.6 Å². The Morgan fingerprint density at radius 3 is 2.19 bits per heavy atom. The van der Waals surface area contributed by atoms with Crippen LogP contribution in [0.4, 0.5) is 0 Å². The molecule has 9 unspecified atom stereocenters. The van der Waals surface area contributed by atoms with E-state index < -0.39 is 79.4 Å². The minimum Gasteiger partial charge on any atom is -0.400 e. The summed E-state index contributed by atoms with van der Waals surface area (Å²) >= 11 is 0. The minimum absolute atomic E-state index is 0.0129. The van der Waals surface area contributed by atoms with Crippen molar-refractivity contribution in [3.63, 3.8) is 0 Å². The van der Waals surface area contributed by atoms with Gasteiger partial charge in [-0.15, -0.1) is 0 Å². The van der Waals surface area contributed by atoms with Gasteiger partial charge in [0.05, 0.1) is 31.5 Å². The SMILES string of the molecule is CC.CO.NCCC(O)C(=O)NC1CC(N)[C@@H](O[C@@H]2CC(O)[C@H](O)C(CNCCO)O2)C(O)C1.OC1COC(O)C(O)C1. The Morgan fingerprint density at radius 2 is 1.65 bits per heavy atom. The summed E-state index contributed by atoms with van der Waals surface area (Å²) in [5.74, 6) is -0.560. The van der Waals surface area contributed by atoms with Crippen molar-refractivity contribution in [3.8, 4) is 0 Å². The van der Waals surface area contributed by atoms with Gasteiger partial charge in [-0.2, -0.15) is 0 Å². The average molecular weight is 633 g/mol. The molecule has 3 rings (SSSR count). The molecule has 17 heteroatoms. The molecule has 0 aromatic rings. The fraction of sp³-hybridized carbons (Fsp3) is 0.962. The lowest BCUT2D eigenvalue weighted by Crippen LogP contribution is -2.59. The van der Waals surface area contributed by atoms with E-state index in [0.29, 0.717) is 13.0 Å². The van der Waals surface area contributed by atoms with E-state index in [1.807, 2.05) is 13.8 Å². The van der Waals surface area contributed by atoms with Gasteiger partial charge < -0.3 is 82.3 Å². The van der Waals surface area contributed by atoms with Crippen LogP contribution >= 0.6 is 0 Å². The zero-order chi connectivity index (χ0) is 33.1. The number of hydrogen-bond acceptors (Lipinski definition) is 16. The average Bonchev–Trinajstić information content (AvgIpc) is 2.98. The predicted molar refractivity (Wildman–Crippen MR) is 153 cm³/mol. The molecule has 2 saturated heterocycles. The summed E-state index contributed by atoms with van der Waals surface area (Å²) in [7, 11) is 1.00. The molecule has 0 aromatic heterocycles. The van der Waals surface area contributed by atoms with E-state index in [4.69, 9.17) is 46.5 Å². The van der Waals surface area contributed by atoms with Crippen LogP contribution in [-0.2, 0) is 19.0 Å². The molecule has 1 amide bonds. The second kappa shape index (κ2) is 23.2. The summed E-state index contributed by atoms with van der Waals surface area (Å²) in [5, 5.41) is 88.1. The second-order valence-corrected chi connectivity index (χ2v) is 10.1. The Bertz CT molecular complexity index is 704. The van der Waals surface area contributed by atoms with E-state index in [-0.39, 0.29) is 52.0 Å². The molecule has 0 spiro atoms. The number of aliphatic hydroxyl groups is 9. The number of hydrogen-bond donors (Lipinski definition) is 13. The van der Waals surface area contributed by atoms with Crippen LogP contribution in [0.25, 0.3) is 0 Å². The van der Waals surface area contributed by atoms with Gasteiger partial charge in [-0.25, -0.2) is 0 Å². The van der Waals surface area contributed by atoms with Crippen LogP contribution in [0.3, 0.4) is 0 Å². The van der Waals surface area contributed by atoms with Gasteiger partial charge in [0, 0.05) is 45.1 Å². The molecule has 0 bridgehead atoms. The summed E-state index contributed by atoms with van der Waals surface area (Å²) in [4.78, 5) is 12.0. The third kappa shape index (κ3) is 15.1. The van der Waals surface area contributed by atoms with Crippen LogP contribution in [0.5, 0.6) is 0 Å². The highest BCUT2D eigenvalue weighted by Gasteiger charge is 2.42. The van der Waals surface area contributed by atoms with Crippen molar-refractivity contribution in [1.82, 2.24) is 10.6 Å². The molecule has 0 aromatic carbocycles. The first-order valence-corrected chi connectivity index (χ1v) is 14.7. The van der Waals surface area contributed by atoms with Gasteiger partial charge in [-0.1, -0.05) is 13.8 Å². The van der Waals surface area contributed by atoms with E-state index in [1.165, 1.54) is 0 Å². The lowest BCUT2D eigenvalue weighted by Gasteiger charge is -2.43. The molecular weight excluding hydrogens is 576 g/mol. The first kappa shape index (κ1) is 41.9. The largest absolute Gasteiger partial charge is 0.400 e. The molecule has 1 aliphatic carbocycles. The van der Waals surface area contributed by atoms with Gasteiger partial charge >= 0.3 is 0 Å². The summed E-state index contributed by atoms with van der Waals surface area (Å²) in [6.45, 7) is 4.73. The van der Waals surface area contributed by atoms with E-state index in [1.54, 1.807) is 0 Å². The first-order valence-electron chi connectivity index (χ1n) is 14.7. The molecule has 12 atom stereocenters. The molecule has 2 aliphatic heterocycles. The van der Waals surface area contributed by atoms with Gasteiger partial charge in [-0.3, -0.25) is 4.79 Å². The summed E-state index contributed by atoms with van der Waals surface area (Å²) in [5.41, 5.74) is 11.5. The van der Waals surface area contributed by atoms with Crippen molar-refractivity contribution < 1.29 is 65.0 Å². The highest BCUT2D eigenvalue weighted by Crippen LogP contribution is 2.27. The maximum Gasteiger partial charge on any atom is 0.249 e. The Balaban J connectivity index is 0.00000113. The molecule has 258 valence electrons. The highest BCUT2D eigenvalue weighted by atomic mass is 16.7. The number of carbonyl (C=O) groups excluding carboxylic acids is 1. The van der Waals surface area contributed by atoms with Gasteiger partial charge in [-0.05, 0) is 25.8 Å². The molecule has 43 heavy (non-hydrogen) atoms. The number of carbonyl (C=O) groups is 1. The van der Waals surface area contributed by atoms with Crippen molar-refractivity contribution in [2.24, 2.45) is 11.5 Å². The van der Waals surface area contributed by atoms with Crippen molar-refractivity contribution in [2.75, 3.05) is 40.0 Å². The monoisotopic (exact) mass is 632 g/mol. The van der Waals surface area contributed by atoms with Crippen molar-refractivity contribution in [2.45, 2.75) is 119 Å². The molecule has 3 fully saturated rings. The predicted octanol–water partition coefficient (Wildman–Crippen LogP) is -5.45. The van der Waals surface area contributed by atoms with Crippen LogP contribution < -0.4 is 22.1 Å². The van der Waals surface area contributed by atoms with Crippen LogP contribution in [0, 0.1) is 0 Å². The van der Waals surface area contributed by atoms with E-state index >= 15 is 0 Å². The number of ether oxygens (including phenoxy) is 3. The number of aliphatic hydroxyl groups excluding tert-OH is 9. The van der Waals surface area contributed by atoms with Gasteiger partial charge in [0.2, 0.25) is 5.91 Å². The van der Waals surface area contributed by atoms with Crippen LogP contribution in [0.2, 0.25) is 0 Å². The van der Waals surface area contributed by atoms with Crippen LogP contribution in [-0.4, -0.2) is 165 Å². The number of nitrogens with two attached hydrogens (primary N) is 2. The summed E-state index contributed by atoms with van der Waals surface area (Å²) < 4.78 is 16.1. The zero-order valence-corrected chi connectivity index (χ0v) is 25.3. The van der Waals surface area contributed by atoms with Crippen molar-refractivity contribution >= 4 is 5.91 Å². The Morgan fingerprint density at radius 1 is 1.00 bits per heavy atom. The molecular formula is C26H56N4O13. The number of amides is 1. The van der Waals surface area contributed by atoms with Crippen LogP contribution in [0.15, 0.2) is 0 Å². The molecule has 0 radical (unpaired) electrons. The highest BCUT2D eigenvalue weighted by molar-refractivity contribution is 5.80. The topological polar surface area (TPSA) is 303 Å². The standard InChI is InChI=1S/C18H36N4O8.C5H10O4.C2H6.CH4O/c19-2-1-11(24)18(28)22-9-5-10(20)17(13(26)6-9)30-15-7-12(25)16(27)14(29-15)8-21-3-4-23;6-3-1-4(7)5(8)9-2-3;2*1-2/h9-17,21,23-27H,1-8,19-20H2,(H,22,28);3-8H,1-2H2;1-2H3;2H,1H3/t9?,10?,11?,12?,13?,14?,15-,16+,17-;;;/m1.../s1. The molecule has 3 aliphatic rings. The van der Waals surface area contributed by atoms with E-state index in [9.17, 15) is 25.2 Å². The minimum atomic E-state index is -1.21. The number of nitrogens with one attached hydrogen (secondary N) is 2. The summed E-state index contributed by atoms with van der Waals surface area (Å²) in [6, 6.07) is -1.05. The lowest BCUT2D eigenvalue weighted by atomic mass is 9.86. The second-order valence-electron chi connectivity index (χ2n) is 10.1. The maximum absolute atomic E-state index is 12.0. The molecule has 15 N–H and O–H groups in total. The zero-order valence-electron chi connectivity index (χ0n) is 25.3. The smallest absolute Gasteiger partial charge is 0.249 e. The fourth-order valence-electron chi connectivity index (χ4n) is 4.62. The maximum atomic E-state index is 12.0. The molecule has 1 saturated carbocycles. The van der Waals surface area contributed by atoms with Gasteiger partial charge in [0.1, 0.15) is 30.5 Å². The first-order chi connectivity index (χ1) is 20.5. The van der Waals surface area contributed by atoms with Crippen molar-refractivity contribution in [1.29, 1.82) is 0 Å². The summed E-state index contributed by atoms with van der Waals surface area (Å²) in [6.07, 6.45) is -8.65. The van der Waals surface area contributed by atoms with Crippen LogP contribution in [0.1, 0.15) is 46.0 Å². The molecule has 2 heterocycles. The Hall–Kier alpha value is -1.13.